The Kier molecular flexibility index (Phi) is 4.28. The molecule has 23 heavy (non-hydrogen) atoms. The first-order chi connectivity index (χ1) is 11.0. The molecule has 1 aliphatic rings. The molecule has 1 saturated heterocycles. The molecule has 0 spiro atoms. The summed E-state index contributed by atoms with van der Waals surface area (Å²) in [6, 6.07) is 11.6. The molecular formula is C18H18F2N2O. The first-order valence-corrected chi connectivity index (χ1v) is 7.60. The summed E-state index contributed by atoms with van der Waals surface area (Å²) >= 11 is 0. The largest absolute Gasteiger partial charge is 0.368 e. The Morgan fingerprint density at radius 3 is 2.17 bits per heavy atom. The van der Waals surface area contributed by atoms with Crippen LogP contribution >= 0.6 is 0 Å². The van der Waals surface area contributed by atoms with E-state index in [0.717, 1.165) is 30.9 Å². The second kappa shape index (κ2) is 6.36. The third kappa shape index (κ3) is 3.33. The van der Waals surface area contributed by atoms with Crippen molar-refractivity contribution < 1.29 is 13.6 Å². The van der Waals surface area contributed by atoms with Gasteiger partial charge in [0, 0.05) is 37.4 Å². The van der Waals surface area contributed by atoms with Gasteiger partial charge in [0.15, 0.2) is 11.6 Å². The number of amides is 1. The van der Waals surface area contributed by atoms with Gasteiger partial charge in [-0.05, 0) is 37.3 Å². The maximum Gasteiger partial charge on any atom is 0.254 e. The van der Waals surface area contributed by atoms with Gasteiger partial charge in [0.05, 0.1) is 0 Å². The molecule has 3 nitrogen and oxygen atoms in total. The van der Waals surface area contributed by atoms with Crippen molar-refractivity contribution in [2.45, 2.75) is 6.92 Å². The van der Waals surface area contributed by atoms with Crippen LogP contribution in [0.15, 0.2) is 42.5 Å². The predicted molar refractivity (Wildman–Crippen MR) is 85.7 cm³/mol. The molecule has 0 atom stereocenters. The van der Waals surface area contributed by atoms with Crippen LogP contribution in [0, 0.1) is 18.6 Å². The molecule has 0 aliphatic carbocycles. The van der Waals surface area contributed by atoms with Gasteiger partial charge in [-0.1, -0.05) is 17.7 Å². The summed E-state index contributed by atoms with van der Waals surface area (Å²) < 4.78 is 26.2. The monoisotopic (exact) mass is 316 g/mol. The Balaban J connectivity index is 1.65. The minimum atomic E-state index is -0.992. The Morgan fingerprint density at radius 1 is 0.913 bits per heavy atom. The molecule has 0 bridgehead atoms. The lowest BCUT2D eigenvalue weighted by molar-refractivity contribution is 0.0746. The zero-order valence-corrected chi connectivity index (χ0v) is 12.9. The smallest absolute Gasteiger partial charge is 0.254 e. The van der Waals surface area contributed by atoms with E-state index in [0.29, 0.717) is 13.1 Å². The number of aryl methyl sites for hydroxylation is 1. The van der Waals surface area contributed by atoms with Crippen LogP contribution in [0.1, 0.15) is 15.9 Å². The number of benzene rings is 2. The first-order valence-electron chi connectivity index (χ1n) is 7.60. The number of hydrogen-bond acceptors (Lipinski definition) is 2. The number of hydrogen-bond donors (Lipinski definition) is 0. The lowest BCUT2D eigenvalue weighted by atomic mass is 10.1. The van der Waals surface area contributed by atoms with Crippen LogP contribution < -0.4 is 4.90 Å². The highest BCUT2D eigenvalue weighted by Gasteiger charge is 2.23. The second-order valence-corrected chi connectivity index (χ2v) is 5.74. The van der Waals surface area contributed by atoms with Crippen LogP contribution in [0.2, 0.25) is 0 Å². The maximum atomic E-state index is 13.3. The van der Waals surface area contributed by atoms with Gasteiger partial charge >= 0.3 is 0 Å². The summed E-state index contributed by atoms with van der Waals surface area (Å²) in [6.45, 7) is 4.61. The lowest BCUT2D eigenvalue weighted by Crippen LogP contribution is -2.48. The molecule has 1 aliphatic heterocycles. The molecule has 2 aromatic carbocycles. The predicted octanol–water partition coefficient (Wildman–Crippen LogP) is 3.24. The fourth-order valence-corrected chi connectivity index (χ4v) is 2.74. The normalized spacial score (nSPS) is 14.9. The third-order valence-electron chi connectivity index (χ3n) is 4.13. The molecule has 5 heteroatoms. The summed E-state index contributed by atoms with van der Waals surface area (Å²) in [7, 11) is 0. The van der Waals surface area contributed by atoms with Crippen molar-refractivity contribution in [3.8, 4) is 0 Å². The number of halogens is 2. The lowest BCUT2D eigenvalue weighted by Gasteiger charge is -2.36. The van der Waals surface area contributed by atoms with Crippen LogP contribution in [-0.2, 0) is 0 Å². The highest BCUT2D eigenvalue weighted by molar-refractivity contribution is 5.94. The van der Waals surface area contributed by atoms with Gasteiger partial charge in [0.25, 0.3) is 5.91 Å². The summed E-state index contributed by atoms with van der Waals surface area (Å²) in [5.74, 6) is -2.19. The Morgan fingerprint density at radius 2 is 1.57 bits per heavy atom. The van der Waals surface area contributed by atoms with Crippen molar-refractivity contribution in [2.75, 3.05) is 31.1 Å². The maximum absolute atomic E-state index is 13.3. The Bertz CT molecular complexity index is 707. The molecule has 0 unspecified atom stereocenters. The molecule has 1 amide bonds. The van der Waals surface area contributed by atoms with E-state index in [-0.39, 0.29) is 11.5 Å². The quantitative estimate of drug-likeness (QED) is 0.849. The molecule has 2 aromatic rings. The van der Waals surface area contributed by atoms with E-state index in [1.54, 1.807) is 4.90 Å². The molecule has 1 heterocycles. The van der Waals surface area contributed by atoms with Gasteiger partial charge in [-0.3, -0.25) is 4.79 Å². The topological polar surface area (TPSA) is 23.6 Å². The van der Waals surface area contributed by atoms with Crippen molar-refractivity contribution >= 4 is 11.6 Å². The molecule has 0 saturated carbocycles. The molecule has 120 valence electrons. The van der Waals surface area contributed by atoms with Gasteiger partial charge in [0.1, 0.15) is 0 Å². The summed E-state index contributed by atoms with van der Waals surface area (Å²) in [6.07, 6.45) is 0. The van der Waals surface area contributed by atoms with E-state index in [2.05, 4.69) is 29.2 Å². The van der Waals surface area contributed by atoms with Crippen molar-refractivity contribution in [3.05, 3.63) is 65.2 Å². The molecular weight excluding hydrogens is 298 g/mol. The second-order valence-electron chi connectivity index (χ2n) is 5.74. The van der Waals surface area contributed by atoms with Crippen molar-refractivity contribution in [3.63, 3.8) is 0 Å². The molecule has 0 radical (unpaired) electrons. The summed E-state index contributed by atoms with van der Waals surface area (Å²) in [5.41, 5.74) is 2.53. The zero-order valence-electron chi connectivity index (χ0n) is 12.9. The van der Waals surface area contributed by atoms with E-state index in [1.807, 2.05) is 6.92 Å². The fourth-order valence-electron chi connectivity index (χ4n) is 2.74. The van der Waals surface area contributed by atoms with Gasteiger partial charge in [-0.25, -0.2) is 8.78 Å². The van der Waals surface area contributed by atoms with Crippen LogP contribution in [-0.4, -0.2) is 37.0 Å². The van der Waals surface area contributed by atoms with E-state index in [9.17, 15) is 13.6 Å². The van der Waals surface area contributed by atoms with Crippen LogP contribution in [0.3, 0.4) is 0 Å². The van der Waals surface area contributed by atoms with Crippen molar-refractivity contribution in [2.24, 2.45) is 0 Å². The minimum Gasteiger partial charge on any atom is -0.368 e. The van der Waals surface area contributed by atoms with E-state index in [1.165, 1.54) is 11.6 Å². The van der Waals surface area contributed by atoms with Crippen LogP contribution in [0.5, 0.6) is 0 Å². The highest BCUT2D eigenvalue weighted by Crippen LogP contribution is 2.18. The number of carbonyl (C=O) groups is 1. The van der Waals surface area contributed by atoms with Gasteiger partial charge in [-0.2, -0.15) is 0 Å². The van der Waals surface area contributed by atoms with Gasteiger partial charge in [0.2, 0.25) is 0 Å². The van der Waals surface area contributed by atoms with E-state index < -0.39 is 11.6 Å². The molecule has 0 N–H and O–H groups in total. The highest BCUT2D eigenvalue weighted by atomic mass is 19.2. The average Bonchev–Trinajstić information content (AvgIpc) is 2.57. The standard InChI is InChI=1S/C18H18F2N2O/c1-13-2-5-15(6-3-13)21-8-10-22(11-9-21)18(23)14-4-7-16(19)17(20)12-14/h2-7,12H,8-11H2,1H3. The number of piperazine rings is 1. The molecule has 0 aromatic heterocycles. The third-order valence-corrected chi connectivity index (χ3v) is 4.13. The number of anilines is 1. The Labute approximate surface area is 134 Å². The Hall–Kier alpha value is -2.43. The first kappa shape index (κ1) is 15.5. The van der Waals surface area contributed by atoms with Crippen molar-refractivity contribution in [1.82, 2.24) is 4.90 Å². The average molecular weight is 316 g/mol. The van der Waals surface area contributed by atoms with Crippen molar-refractivity contribution in [1.29, 1.82) is 0 Å². The summed E-state index contributed by atoms with van der Waals surface area (Å²) in [4.78, 5) is 16.3. The number of carbonyl (C=O) groups excluding carboxylic acids is 1. The van der Waals surface area contributed by atoms with E-state index >= 15 is 0 Å². The molecule has 1 fully saturated rings. The van der Waals surface area contributed by atoms with Crippen LogP contribution in [0.4, 0.5) is 14.5 Å². The SMILES string of the molecule is Cc1ccc(N2CCN(C(=O)c3ccc(F)c(F)c3)CC2)cc1. The van der Waals surface area contributed by atoms with Gasteiger partial charge in [-0.15, -0.1) is 0 Å². The fraction of sp³-hybridized carbons (Fsp3) is 0.278. The number of rotatable bonds is 2. The summed E-state index contributed by atoms with van der Waals surface area (Å²) in [5, 5.41) is 0. The van der Waals surface area contributed by atoms with Gasteiger partial charge < -0.3 is 9.80 Å². The van der Waals surface area contributed by atoms with Crippen LogP contribution in [0.25, 0.3) is 0 Å². The van der Waals surface area contributed by atoms with E-state index in [4.69, 9.17) is 0 Å². The number of nitrogens with zero attached hydrogens (tertiary/aromatic N) is 2. The zero-order chi connectivity index (χ0) is 16.4. The molecule has 3 rings (SSSR count). The minimum absolute atomic E-state index is 0.188.